The molecule has 3 aromatic rings. The lowest BCUT2D eigenvalue weighted by molar-refractivity contribution is 0.0540. The van der Waals surface area contributed by atoms with E-state index in [0.29, 0.717) is 12.1 Å². The summed E-state index contributed by atoms with van der Waals surface area (Å²) in [7, 11) is 1.83. The van der Waals surface area contributed by atoms with Crippen molar-refractivity contribution in [1.82, 2.24) is 9.80 Å². The largest absolute Gasteiger partial charge is 0.446 e. The van der Waals surface area contributed by atoms with Gasteiger partial charge in [-0.05, 0) is 42.2 Å². The smallest absolute Gasteiger partial charge is 0.411 e. The van der Waals surface area contributed by atoms with Crippen molar-refractivity contribution in [3.63, 3.8) is 0 Å². The van der Waals surface area contributed by atoms with Crippen LogP contribution in [0.15, 0.2) is 85.4 Å². The monoisotopic (exact) mass is 483 g/mol. The van der Waals surface area contributed by atoms with Gasteiger partial charge in [0.1, 0.15) is 6.10 Å². The highest BCUT2D eigenvalue weighted by Crippen LogP contribution is 2.28. The number of anilines is 1. The Kier molecular flexibility index (Phi) is 8.53. The van der Waals surface area contributed by atoms with Gasteiger partial charge >= 0.3 is 6.09 Å². The summed E-state index contributed by atoms with van der Waals surface area (Å²) >= 11 is 0. The molecule has 0 saturated carbocycles. The van der Waals surface area contributed by atoms with Crippen molar-refractivity contribution in [3.8, 4) is 11.1 Å². The molecule has 6 heteroatoms. The zero-order valence-corrected chi connectivity index (χ0v) is 20.7. The molecule has 1 saturated heterocycles. The lowest BCUT2D eigenvalue weighted by atomic mass is 10.0. The molecule has 1 aliphatic heterocycles. The summed E-state index contributed by atoms with van der Waals surface area (Å²) in [6, 6.07) is 25.2. The Morgan fingerprint density at radius 3 is 2.36 bits per heavy atom. The number of carbonyl (C=O) groups is 2. The number of likely N-dealkylation sites (N-methyl/N-ethyl adjacent to an activating group) is 1. The quantitative estimate of drug-likeness (QED) is 0.441. The average Bonchev–Trinajstić information content (AvgIpc) is 2.93. The minimum Gasteiger partial charge on any atom is -0.446 e. The third-order valence-corrected chi connectivity index (χ3v) is 6.55. The number of hydrogen-bond acceptors (Lipinski definition) is 4. The first kappa shape index (κ1) is 25.2. The number of para-hydroxylation sites is 1. The number of ether oxygens (including phenoxy) is 1. The van der Waals surface area contributed by atoms with Gasteiger partial charge in [-0.15, -0.1) is 0 Å². The van der Waals surface area contributed by atoms with Crippen molar-refractivity contribution in [3.05, 3.63) is 96.6 Å². The van der Waals surface area contributed by atoms with Crippen LogP contribution in [-0.2, 0) is 4.74 Å². The zero-order valence-electron chi connectivity index (χ0n) is 20.7. The van der Waals surface area contributed by atoms with E-state index in [-0.39, 0.29) is 12.0 Å². The van der Waals surface area contributed by atoms with Gasteiger partial charge in [-0.2, -0.15) is 0 Å². The highest BCUT2D eigenvalue weighted by Gasteiger charge is 2.23. The molecule has 1 N–H and O–H groups in total. The SMILES string of the molecule is C=Cc1ccc(C(=O)N(C)CCN2CCC(OC(=O)Nc3ccccc3-c3ccccc3)CC2)cc1. The van der Waals surface area contributed by atoms with Crippen LogP contribution in [0.1, 0.15) is 28.8 Å². The molecular formula is C30H33N3O3. The van der Waals surface area contributed by atoms with Crippen LogP contribution < -0.4 is 5.32 Å². The Morgan fingerprint density at radius 2 is 1.67 bits per heavy atom. The Morgan fingerprint density at radius 1 is 1.00 bits per heavy atom. The number of amides is 2. The van der Waals surface area contributed by atoms with E-state index in [1.54, 1.807) is 11.0 Å². The number of hydrogen-bond donors (Lipinski definition) is 1. The van der Waals surface area contributed by atoms with Crippen LogP contribution in [0.25, 0.3) is 17.2 Å². The zero-order chi connectivity index (χ0) is 25.3. The van der Waals surface area contributed by atoms with Crippen molar-refractivity contribution < 1.29 is 14.3 Å². The highest BCUT2D eigenvalue weighted by molar-refractivity contribution is 5.94. The molecule has 4 rings (SSSR count). The van der Waals surface area contributed by atoms with Gasteiger partial charge in [0.25, 0.3) is 5.91 Å². The molecule has 0 radical (unpaired) electrons. The van der Waals surface area contributed by atoms with E-state index in [2.05, 4.69) is 16.8 Å². The number of rotatable bonds is 8. The fourth-order valence-electron chi connectivity index (χ4n) is 4.38. The first-order valence-electron chi connectivity index (χ1n) is 12.4. The summed E-state index contributed by atoms with van der Waals surface area (Å²) in [5, 5.41) is 2.92. The van der Waals surface area contributed by atoms with Gasteiger partial charge in [0, 0.05) is 44.4 Å². The second-order valence-corrected chi connectivity index (χ2v) is 9.04. The molecule has 36 heavy (non-hydrogen) atoms. The van der Waals surface area contributed by atoms with Gasteiger partial charge in [-0.1, -0.05) is 73.3 Å². The molecule has 1 heterocycles. The summed E-state index contributed by atoms with van der Waals surface area (Å²) in [5.74, 6) is 0.0105. The first-order valence-corrected chi connectivity index (χ1v) is 12.4. The van der Waals surface area contributed by atoms with E-state index >= 15 is 0 Å². The molecule has 1 fully saturated rings. The molecule has 0 atom stereocenters. The topological polar surface area (TPSA) is 61.9 Å². The molecule has 0 spiro atoms. The molecule has 0 unspecified atom stereocenters. The number of nitrogens with one attached hydrogen (secondary N) is 1. The third-order valence-electron chi connectivity index (χ3n) is 6.55. The average molecular weight is 484 g/mol. The van der Waals surface area contributed by atoms with Gasteiger partial charge in [-0.25, -0.2) is 4.79 Å². The Bertz CT molecular complexity index is 1170. The predicted octanol–water partition coefficient (Wildman–Crippen LogP) is 5.78. The number of nitrogens with zero attached hydrogens (tertiary/aromatic N) is 2. The molecule has 3 aromatic carbocycles. The van der Waals surface area contributed by atoms with Crippen molar-refractivity contribution in [2.75, 3.05) is 38.5 Å². The van der Waals surface area contributed by atoms with Gasteiger partial charge in [0.05, 0.1) is 5.69 Å². The van der Waals surface area contributed by atoms with Gasteiger partial charge in [0.15, 0.2) is 0 Å². The maximum atomic E-state index is 12.7. The lowest BCUT2D eigenvalue weighted by Crippen LogP contribution is -2.42. The van der Waals surface area contributed by atoms with E-state index < -0.39 is 6.09 Å². The molecule has 0 aromatic heterocycles. The minimum atomic E-state index is -0.426. The van der Waals surface area contributed by atoms with Crippen LogP contribution in [0.2, 0.25) is 0 Å². The summed E-state index contributed by atoms with van der Waals surface area (Å²) < 4.78 is 5.73. The van der Waals surface area contributed by atoms with E-state index in [1.165, 1.54) is 0 Å². The molecule has 2 amide bonds. The number of likely N-dealkylation sites (tertiary alicyclic amines) is 1. The Hall–Kier alpha value is -3.90. The normalized spacial score (nSPS) is 14.1. The summed E-state index contributed by atoms with van der Waals surface area (Å²) in [6.45, 7) is 6.83. The molecular weight excluding hydrogens is 450 g/mol. The third kappa shape index (κ3) is 6.61. The van der Waals surface area contributed by atoms with Crippen molar-refractivity contribution >= 4 is 23.8 Å². The van der Waals surface area contributed by atoms with E-state index in [0.717, 1.165) is 54.9 Å². The number of carbonyl (C=O) groups excluding carboxylic acids is 2. The van der Waals surface area contributed by atoms with Crippen LogP contribution in [0, 0.1) is 0 Å². The van der Waals surface area contributed by atoms with Gasteiger partial charge in [0.2, 0.25) is 0 Å². The summed E-state index contributed by atoms with van der Waals surface area (Å²) in [4.78, 5) is 29.4. The summed E-state index contributed by atoms with van der Waals surface area (Å²) in [5.41, 5.74) is 4.40. The standard InChI is InChI=1S/C30H33N3O3/c1-3-23-13-15-25(16-14-23)29(34)32(2)21-22-33-19-17-26(18-20-33)36-30(35)31-28-12-8-7-11-27(28)24-9-5-4-6-10-24/h3-16,26H,1,17-22H2,2H3,(H,31,35). The second kappa shape index (κ2) is 12.2. The molecule has 6 nitrogen and oxygen atoms in total. The minimum absolute atomic E-state index is 0.0105. The first-order chi connectivity index (χ1) is 17.5. The van der Waals surface area contributed by atoms with E-state index in [9.17, 15) is 9.59 Å². The van der Waals surface area contributed by atoms with Crippen LogP contribution in [-0.4, -0.2) is 61.1 Å². The highest BCUT2D eigenvalue weighted by atomic mass is 16.6. The van der Waals surface area contributed by atoms with E-state index in [1.807, 2.05) is 85.9 Å². The van der Waals surface area contributed by atoms with E-state index in [4.69, 9.17) is 4.74 Å². The molecule has 1 aliphatic rings. The fourth-order valence-corrected chi connectivity index (χ4v) is 4.38. The maximum absolute atomic E-state index is 12.7. The van der Waals surface area contributed by atoms with Crippen LogP contribution >= 0.6 is 0 Å². The van der Waals surface area contributed by atoms with Gasteiger partial charge < -0.3 is 14.5 Å². The Labute approximate surface area is 213 Å². The van der Waals surface area contributed by atoms with Gasteiger partial charge in [-0.3, -0.25) is 10.1 Å². The summed E-state index contributed by atoms with van der Waals surface area (Å²) in [6.07, 6.45) is 2.76. The molecule has 0 aliphatic carbocycles. The van der Waals surface area contributed by atoms with Crippen LogP contribution in [0.5, 0.6) is 0 Å². The van der Waals surface area contributed by atoms with Crippen molar-refractivity contribution in [2.45, 2.75) is 18.9 Å². The number of benzene rings is 3. The van der Waals surface area contributed by atoms with Crippen molar-refractivity contribution in [2.24, 2.45) is 0 Å². The fraction of sp³-hybridized carbons (Fsp3) is 0.267. The number of piperidine rings is 1. The molecule has 0 bridgehead atoms. The predicted molar refractivity (Wildman–Crippen MR) is 145 cm³/mol. The lowest BCUT2D eigenvalue weighted by Gasteiger charge is -2.32. The van der Waals surface area contributed by atoms with Crippen LogP contribution in [0.4, 0.5) is 10.5 Å². The molecule has 186 valence electrons. The van der Waals surface area contributed by atoms with Crippen LogP contribution in [0.3, 0.4) is 0 Å². The second-order valence-electron chi connectivity index (χ2n) is 9.04. The Balaban J connectivity index is 1.21. The van der Waals surface area contributed by atoms with Crippen molar-refractivity contribution in [1.29, 1.82) is 0 Å². The maximum Gasteiger partial charge on any atom is 0.411 e.